The zero-order valence-electron chi connectivity index (χ0n) is 11.2. The van der Waals surface area contributed by atoms with Crippen LogP contribution in [-0.4, -0.2) is 16.4 Å². The quantitative estimate of drug-likeness (QED) is 0.584. The summed E-state index contributed by atoms with van der Waals surface area (Å²) in [4.78, 5) is 0. The van der Waals surface area contributed by atoms with Crippen LogP contribution in [0.2, 0.25) is 5.15 Å². The van der Waals surface area contributed by atoms with Gasteiger partial charge in [-0.05, 0) is 48.5 Å². The number of rotatable bonds is 4. The first-order valence-corrected chi connectivity index (χ1v) is 6.72. The number of aromatic nitrogens is 2. The lowest BCUT2D eigenvalue weighted by molar-refractivity contribution is 0.574. The summed E-state index contributed by atoms with van der Waals surface area (Å²) < 4.78 is 18.5. The van der Waals surface area contributed by atoms with E-state index in [0.29, 0.717) is 22.5 Å². The average Bonchev–Trinajstić information content (AvgIpc) is 2.99. The molecule has 0 radical (unpaired) electrons. The van der Waals surface area contributed by atoms with E-state index in [-0.39, 0.29) is 5.82 Å². The van der Waals surface area contributed by atoms with Crippen molar-refractivity contribution in [2.24, 2.45) is 5.10 Å². The Labute approximate surface area is 130 Å². The van der Waals surface area contributed by atoms with Crippen molar-refractivity contribution in [3.63, 3.8) is 0 Å². The summed E-state index contributed by atoms with van der Waals surface area (Å²) in [5.41, 5.74) is 3.49. The predicted molar refractivity (Wildman–Crippen MR) is 82.4 cm³/mol. The number of anilines is 1. The van der Waals surface area contributed by atoms with Crippen LogP contribution in [0.1, 0.15) is 5.76 Å². The van der Waals surface area contributed by atoms with E-state index in [1.54, 1.807) is 36.4 Å². The summed E-state index contributed by atoms with van der Waals surface area (Å²) in [7, 11) is 0. The second-order valence-electron chi connectivity index (χ2n) is 4.32. The van der Waals surface area contributed by atoms with Gasteiger partial charge in [0, 0.05) is 5.56 Å². The van der Waals surface area contributed by atoms with Crippen LogP contribution in [0.4, 0.5) is 10.2 Å². The second-order valence-corrected chi connectivity index (χ2v) is 4.71. The summed E-state index contributed by atoms with van der Waals surface area (Å²) in [6, 6.07) is 12.9. The fraction of sp³-hybridized carbons (Fsp3) is 0. The molecule has 22 heavy (non-hydrogen) atoms. The molecule has 3 aromatic rings. The number of halogens is 2. The van der Waals surface area contributed by atoms with E-state index < -0.39 is 0 Å². The van der Waals surface area contributed by atoms with Crippen molar-refractivity contribution in [1.29, 1.82) is 0 Å². The Balaban J connectivity index is 1.67. The fourth-order valence-corrected chi connectivity index (χ4v) is 1.83. The molecule has 0 saturated carbocycles. The zero-order valence-corrected chi connectivity index (χ0v) is 12.0. The van der Waals surface area contributed by atoms with Crippen molar-refractivity contribution in [3.05, 3.63) is 65.3 Å². The largest absolute Gasteiger partial charge is 0.455 e. The first kappa shape index (κ1) is 14.2. The summed E-state index contributed by atoms with van der Waals surface area (Å²) in [5, 5.41) is 11.8. The Morgan fingerprint density at radius 3 is 2.59 bits per heavy atom. The van der Waals surface area contributed by atoms with Crippen LogP contribution in [0.15, 0.2) is 58.0 Å². The van der Waals surface area contributed by atoms with Crippen LogP contribution in [0, 0.1) is 5.82 Å². The highest BCUT2D eigenvalue weighted by Crippen LogP contribution is 2.21. The van der Waals surface area contributed by atoms with Crippen LogP contribution in [0.25, 0.3) is 11.3 Å². The molecular weight excluding hydrogens is 307 g/mol. The van der Waals surface area contributed by atoms with Crippen LogP contribution in [-0.2, 0) is 0 Å². The molecule has 3 rings (SSSR count). The average molecular weight is 317 g/mol. The number of hydrazone groups is 1. The Morgan fingerprint density at radius 2 is 1.86 bits per heavy atom. The molecule has 0 amide bonds. The zero-order chi connectivity index (χ0) is 15.4. The van der Waals surface area contributed by atoms with Crippen molar-refractivity contribution in [2.75, 3.05) is 5.43 Å². The van der Waals surface area contributed by atoms with Crippen molar-refractivity contribution < 1.29 is 8.81 Å². The summed E-state index contributed by atoms with van der Waals surface area (Å²) in [5.74, 6) is 1.36. The maximum atomic E-state index is 12.9. The third-order valence-electron chi connectivity index (χ3n) is 2.76. The van der Waals surface area contributed by atoms with Gasteiger partial charge >= 0.3 is 0 Å². The lowest BCUT2D eigenvalue weighted by Crippen LogP contribution is -1.94. The Bertz CT molecular complexity index is 784. The van der Waals surface area contributed by atoms with E-state index in [9.17, 15) is 4.39 Å². The molecular formula is C15H10ClFN4O. The van der Waals surface area contributed by atoms with Crippen LogP contribution in [0.5, 0.6) is 0 Å². The van der Waals surface area contributed by atoms with E-state index in [2.05, 4.69) is 20.7 Å². The lowest BCUT2D eigenvalue weighted by Gasteiger charge is -1.97. The molecule has 0 bridgehead atoms. The van der Waals surface area contributed by atoms with Gasteiger partial charge in [-0.25, -0.2) is 4.39 Å². The van der Waals surface area contributed by atoms with Gasteiger partial charge in [0.15, 0.2) is 11.0 Å². The van der Waals surface area contributed by atoms with Crippen LogP contribution in [0.3, 0.4) is 0 Å². The molecule has 7 heteroatoms. The molecule has 2 heterocycles. The van der Waals surface area contributed by atoms with Gasteiger partial charge in [0.05, 0.1) is 6.21 Å². The highest BCUT2D eigenvalue weighted by atomic mass is 35.5. The van der Waals surface area contributed by atoms with Gasteiger partial charge in [0.1, 0.15) is 17.3 Å². The number of nitrogens with zero attached hydrogens (tertiary/aromatic N) is 3. The Hall–Kier alpha value is -2.73. The number of hydrogen-bond acceptors (Lipinski definition) is 5. The molecule has 0 saturated heterocycles. The van der Waals surface area contributed by atoms with Gasteiger partial charge in [0.2, 0.25) is 0 Å². The van der Waals surface area contributed by atoms with Crippen LogP contribution < -0.4 is 5.43 Å². The molecule has 0 aliphatic heterocycles. The van der Waals surface area contributed by atoms with Crippen molar-refractivity contribution >= 4 is 23.6 Å². The number of benzene rings is 1. The van der Waals surface area contributed by atoms with Gasteiger partial charge in [-0.1, -0.05) is 11.6 Å². The van der Waals surface area contributed by atoms with E-state index >= 15 is 0 Å². The summed E-state index contributed by atoms with van der Waals surface area (Å²) in [6.07, 6.45) is 1.50. The summed E-state index contributed by atoms with van der Waals surface area (Å²) >= 11 is 5.63. The molecule has 1 N–H and O–H groups in total. The first-order valence-electron chi connectivity index (χ1n) is 6.35. The molecule has 110 valence electrons. The summed E-state index contributed by atoms with van der Waals surface area (Å²) in [6.45, 7) is 0. The lowest BCUT2D eigenvalue weighted by atomic mass is 10.2. The molecule has 0 spiro atoms. The molecule has 0 aliphatic rings. The minimum absolute atomic E-state index is 0.287. The molecule has 5 nitrogen and oxygen atoms in total. The standard InChI is InChI=1S/C15H10ClFN4O/c16-14-7-8-15(21-19-14)20-18-9-12-5-6-13(22-12)10-1-3-11(17)4-2-10/h1-9H,(H,20,21)/b18-9-. The number of nitrogens with one attached hydrogen (secondary N) is 1. The smallest absolute Gasteiger partial charge is 0.168 e. The first-order chi connectivity index (χ1) is 10.7. The highest BCUT2D eigenvalue weighted by Gasteiger charge is 2.03. The van der Waals surface area contributed by atoms with Crippen molar-refractivity contribution in [1.82, 2.24) is 10.2 Å². The van der Waals surface area contributed by atoms with Crippen molar-refractivity contribution in [2.45, 2.75) is 0 Å². The monoisotopic (exact) mass is 316 g/mol. The minimum Gasteiger partial charge on any atom is -0.455 e. The van der Waals surface area contributed by atoms with E-state index in [0.717, 1.165) is 5.56 Å². The SMILES string of the molecule is Fc1ccc(-c2ccc(/C=N\Nc3ccc(Cl)nn3)o2)cc1. The Morgan fingerprint density at radius 1 is 1.05 bits per heavy atom. The van der Waals surface area contributed by atoms with E-state index in [1.165, 1.54) is 18.3 Å². The maximum absolute atomic E-state index is 12.9. The van der Waals surface area contributed by atoms with Gasteiger partial charge in [-0.3, -0.25) is 5.43 Å². The third-order valence-corrected chi connectivity index (χ3v) is 2.96. The molecule has 2 aromatic heterocycles. The maximum Gasteiger partial charge on any atom is 0.168 e. The molecule has 1 aromatic carbocycles. The molecule has 0 atom stereocenters. The predicted octanol–water partition coefficient (Wildman–Crippen LogP) is 3.98. The minimum atomic E-state index is -0.287. The van der Waals surface area contributed by atoms with E-state index in [1.807, 2.05) is 0 Å². The Kier molecular flexibility index (Phi) is 4.11. The van der Waals surface area contributed by atoms with E-state index in [4.69, 9.17) is 16.0 Å². The van der Waals surface area contributed by atoms with Gasteiger partial charge in [0.25, 0.3) is 0 Å². The van der Waals surface area contributed by atoms with Gasteiger partial charge < -0.3 is 4.42 Å². The van der Waals surface area contributed by atoms with Crippen LogP contribution >= 0.6 is 11.6 Å². The highest BCUT2D eigenvalue weighted by molar-refractivity contribution is 6.29. The number of hydrogen-bond donors (Lipinski definition) is 1. The number of furan rings is 1. The topological polar surface area (TPSA) is 63.3 Å². The van der Waals surface area contributed by atoms with Gasteiger partial charge in [-0.15, -0.1) is 10.2 Å². The normalized spacial score (nSPS) is 11.0. The molecule has 0 unspecified atom stereocenters. The van der Waals surface area contributed by atoms with Gasteiger partial charge in [-0.2, -0.15) is 5.10 Å². The third kappa shape index (κ3) is 3.48. The fourth-order valence-electron chi connectivity index (χ4n) is 1.73. The van der Waals surface area contributed by atoms with Crippen molar-refractivity contribution in [3.8, 4) is 11.3 Å². The molecule has 0 fully saturated rings. The second kappa shape index (κ2) is 6.36. The molecule has 0 aliphatic carbocycles.